The molecule has 1 fully saturated rings. The smallest absolute Gasteiger partial charge is 0.213 e. The fourth-order valence-corrected chi connectivity index (χ4v) is 3.81. The van der Waals surface area contributed by atoms with E-state index in [0.29, 0.717) is 13.0 Å². The fraction of sp³-hybridized carbons (Fsp3) is 1.00. The summed E-state index contributed by atoms with van der Waals surface area (Å²) >= 11 is 0. The lowest BCUT2D eigenvalue weighted by molar-refractivity contribution is 0.0455. The lowest BCUT2D eigenvalue weighted by Crippen LogP contribution is -2.57. The Morgan fingerprint density at radius 3 is 2.26 bits per heavy atom. The summed E-state index contributed by atoms with van der Waals surface area (Å²) in [6, 6.07) is 0. The molecule has 0 amide bonds. The van der Waals surface area contributed by atoms with E-state index >= 15 is 0 Å². The molecule has 1 saturated carbocycles. The summed E-state index contributed by atoms with van der Waals surface area (Å²) in [5.41, 5.74) is 0.0590. The van der Waals surface area contributed by atoms with Crippen molar-refractivity contribution in [3.8, 4) is 0 Å². The molecule has 5 nitrogen and oxygen atoms in total. The molecule has 0 aromatic rings. The maximum Gasteiger partial charge on any atom is 0.213 e. The highest BCUT2D eigenvalue weighted by Gasteiger charge is 2.41. The highest BCUT2D eigenvalue weighted by atomic mass is 32.2. The minimum absolute atomic E-state index is 0.0590. The molecule has 0 aromatic heterocycles. The third-order valence-electron chi connectivity index (χ3n) is 4.23. The fourth-order valence-electron chi connectivity index (χ4n) is 2.56. The van der Waals surface area contributed by atoms with Gasteiger partial charge in [0.1, 0.15) is 0 Å². The molecule has 1 aliphatic rings. The van der Waals surface area contributed by atoms with E-state index in [4.69, 9.17) is 0 Å². The molecular formula is C13H29N3O2S. The van der Waals surface area contributed by atoms with Crippen molar-refractivity contribution in [2.24, 2.45) is 0 Å². The van der Waals surface area contributed by atoms with Gasteiger partial charge in [-0.25, -0.2) is 12.7 Å². The summed E-state index contributed by atoms with van der Waals surface area (Å²) in [6.07, 6.45) is 4.07. The average molecular weight is 291 g/mol. The van der Waals surface area contributed by atoms with E-state index in [1.807, 2.05) is 21.0 Å². The monoisotopic (exact) mass is 291 g/mol. The number of rotatable bonds is 9. The Bertz CT molecular complexity index is 364. The van der Waals surface area contributed by atoms with Gasteiger partial charge in [-0.2, -0.15) is 0 Å². The second kappa shape index (κ2) is 7.02. The van der Waals surface area contributed by atoms with E-state index in [-0.39, 0.29) is 11.3 Å². The first kappa shape index (κ1) is 16.9. The SMILES string of the molecule is CCNCCCS(=O)(=O)N(C)CC1(N(C)C)CCC1. The van der Waals surface area contributed by atoms with Crippen molar-refractivity contribution < 1.29 is 8.42 Å². The molecule has 0 bridgehead atoms. The summed E-state index contributed by atoms with van der Waals surface area (Å²) in [6.45, 7) is 4.30. The summed E-state index contributed by atoms with van der Waals surface area (Å²) < 4.78 is 26.0. The second-order valence-electron chi connectivity index (χ2n) is 5.75. The average Bonchev–Trinajstić information content (AvgIpc) is 2.28. The summed E-state index contributed by atoms with van der Waals surface area (Å²) in [5, 5.41) is 3.16. The molecule has 114 valence electrons. The largest absolute Gasteiger partial charge is 0.317 e. The van der Waals surface area contributed by atoms with E-state index in [1.54, 1.807) is 11.4 Å². The van der Waals surface area contributed by atoms with Crippen LogP contribution in [0.15, 0.2) is 0 Å². The lowest BCUT2D eigenvalue weighted by atomic mass is 9.75. The molecule has 0 spiro atoms. The van der Waals surface area contributed by atoms with Gasteiger partial charge in [-0.1, -0.05) is 6.92 Å². The van der Waals surface area contributed by atoms with Gasteiger partial charge in [0.25, 0.3) is 0 Å². The topological polar surface area (TPSA) is 52.7 Å². The van der Waals surface area contributed by atoms with Crippen molar-refractivity contribution in [3.05, 3.63) is 0 Å². The van der Waals surface area contributed by atoms with Gasteiger partial charge in [-0.05, 0) is 52.9 Å². The Kier molecular flexibility index (Phi) is 6.23. The molecule has 0 saturated heterocycles. The van der Waals surface area contributed by atoms with Crippen LogP contribution in [-0.2, 0) is 10.0 Å². The molecule has 0 aromatic carbocycles. The van der Waals surface area contributed by atoms with Gasteiger partial charge >= 0.3 is 0 Å². The molecule has 0 heterocycles. The number of hydrogen-bond acceptors (Lipinski definition) is 4. The van der Waals surface area contributed by atoms with Crippen LogP contribution >= 0.6 is 0 Å². The van der Waals surface area contributed by atoms with Gasteiger partial charge in [0.2, 0.25) is 10.0 Å². The Labute approximate surface area is 118 Å². The zero-order chi connectivity index (χ0) is 14.5. The Morgan fingerprint density at radius 2 is 1.84 bits per heavy atom. The van der Waals surface area contributed by atoms with Gasteiger partial charge in [0.05, 0.1) is 5.75 Å². The first-order chi connectivity index (χ1) is 8.84. The summed E-state index contributed by atoms with van der Waals surface area (Å²) in [4.78, 5) is 2.18. The van der Waals surface area contributed by atoms with Gasteiger partial charge < -0.3 is 10.2 Å². The number of likely N-dealkylation sites (N-methyl/N-ethyl adjacent to an activating group) is 2. The zero-order valence-corrected chi connectivity index (χ0v) is 13.6. The molecule has 6 heteroatoms. The number of hydrogen-bond donors (Lipinski definition) is 1. The second-order valence-corrected chi connectivity index (χ2v) is 7.95. The maximum atomic E-state index is 12.2. The van der Waals surface area contributed by atoms with Crippen LogP contribution in [0.2, 0.25) is 0 Å². The minimum atomic E-state index is -3.12. The molecule has 0 atom stereocenters. The van der Waals surface area contributed by atoms with Crippen molar-refractivity contribution in [2.75, 3.05) is 46.5 Å². The predicted molar refractivity (Wildman–Crippen MR) is 79.8 cm³/mol. The van der Waals surface area contributed by atoms with E-state index in [0.717, 1.165) is 25.9 Å². The highest BCUT2D eigenvalue weighted by molar-refractivity contribution is 7.89. The number of nitrogens with zero attached hydrogens (tertiary/aromatic N) is 2. The quantitative estimate of drug-likeness (QED) is 0.636. The van der Waals surface area contributed by atoms with Crippen LogP contribution in [0.25, 0.3) is 0 Å². The molecule has 0 unspecified atom stereocenters. The summed E-state index contributed by atoms with van der Waals surface area (Å²) in [7, 11) is 2.69. The Balaban J connectivity index is 2.49. The van der Waals surface area contributed by atoms with Crippen molar-refractivity contribution in [2.45, 2.75) is 38.1 Å². The standard InChI is InChI=1S/C13H29N3O2S/c1-5-14-10-7-11-19(17,18)16(4)12-13(15(2)3)8-6-9-13/h14H,5-12H2,1-4H3. The first-order valence-corrected chi connectivity index (χ1v) is 8.77. The van der Waals surface area contributed by atoms with Crippen LogP contribution in [0.3, 0.4) is 0 Å². The Hall–Kier alpha value is -0.170. The third-order valence-corrected chi connectivity index (χ3v) is 6.11. The van der Waals surface area contributed by atoms with Crippen molar-refractivity contribution in [1.82, 2.24) is 14.5 Å². The minimum Gasteiger partial charge on any atom is -0.317 e. The molecule has 19 heavy (non-hydrogen) atoms. The molecular weight excluding hydrogens is 262 g/mol. The van der Waals surface area contributed by atoms with Crippen LogP contribution in [0.5, 0.6) is 0 Å². The van der Waals surface area contributed by atoms with E-state index in [9.17, 15) is 8.42 Å². The van der Waals surface area contributed by atoms with Crippen molar-refractivity contribution in [1.29, 1.82) is 0 Å². The molecule has 1 aliphatic carbocycles. The van der Waals surface area contributed by atoms with Crippen molar-refractivity contribution >= 4 is 10.0 Å². The zero-order valence-electron chi connectivity index (χ0n) is 12.8. The molecule has 0 aliphatic heterocycles. The first-order valence-electron chi connectivity index (χ1n) is 7.16. The maximum absolute atomic E-state index is 12.2. The van der Waals surface area contributed by atoms with Gasteiger partial charge in [0.15, 0.2) is 0 Å². The van der Waals surface area contributed by atoms with Crippen molar-refractivity contribution in [3.63, 3.8) is 0 Å². The lowest BCUT2D eigenvalue weighted by Gasteiger charge is -2.49. The van der Waals surface area contributed by atoms with Crippen LogP contribution in [0.1, 0.15) is 32.6 Å². The normalized spacial score (nSPS) is 18.8. The van der Waals surface area contributed by atoms with Gasteiger partial charge in [-0.15, -0.1) is 0 Å². The summed E-state index contributed by atoms with van der Waals surface area (Å²) in [5.74, 6) is 0.236. The highest BCUT2D eigenvalue weighted by Crippen LogP contribution is 2.37. The third kappa shape index (κ3) is 4.41. The van der Waals surface area contributed by atoms with Crippen LogP contribution in [0.4, 0.5) is 0 Å². The van der Waals surface area contributed by atoms with Gasteiger partial charge in [-0.3, -0.25) is 0 Å². The van der Waals surface area contributed by atoms with E-state index in [2.05, 4.69) is 10.2 Å². The molecule has 0 radical (unpaired) electrons. The number of sulfonamides is 1. The Morgan fingerprint density at radius 1 is 1.21 bits per heavy atom. The molecule has 1 N–H and O–H groups in total. The van der Waals surface area contributed by atoms with Crippen LogP contribution in [-0.4, -0.2) is 69.7 Å². The van der Waals surface area contributed by atoms with E-state index in [1.165, 1.54) is 6.42 Å². The molecule has 1 rings (SSSR count). The number of nitrogens with one attached hydrogen (secondary N) is 1. The van der Waals surface area contributed by atoms with E-state index < -0.39 is 10.0 Å². The van der Waals surface area contributed by atoms with Gasteiger partial charge in [0, 0.05) is 19.1 Å². The van der Waals surface area contributed by atoms with Crippen LogP contribution in [0, 0.1) is 0 Å². The predicted octanol–water partition coefficient (Wildman–Crippen LogP) is 0.732. The van der Waals surface area contributed by atoms with Crippen LogP contribution < -0.4 is 5.32 Å².